The third kappa shape index (κ3) is 5.64. The minimum atomic E-state index is -0.202. The van der Waals surface area contributed by atoms with Gasteiger partial charge in [0.2, 0.25) is 5.91 Å². The van der Waals surface area contributed by atoms with Crippen molar-refractivity contribution in [2.24, 2.45) is 5.92 Å². The summed E-state index contributed by atoms with van der Waals surface area (Å²) < 4.78 is 15.1. The van der Waals surface area contributed by atoms with Crippen molar-refractivity contribution in [1.82, 2.24) is 19.6 Å². The van der Waals surface area contributed by atoms with E-state index in [-0.39, 0.29) is 11.7 Å². The number of aromatic nitrogens is 2. The first-order valence-corrected chi connectivity index (χ1v) is 10.3. The molecule has 1 aliphatic heterocycles. The molecule has 1 aromatic heterocycles. The van der Waals surface area contributed by atoms with Gasteiger partial charge in [0.1, 0.15) is 5.82 Å². The first-order valence-electron chi connectivity index (χ1n) is 10.3. The van der Waals surface area contributed by atoms with E-state index in [1.165, 1.54) is 12.1 Å². The van der Waals surface area contributed by atoms with Crippen molar-refractivity contribution in [1.29, 1.82) is 0 Å². The molecule has 0 unspecified atom stereocenters. The van der Waals surface area contributed by atoms with Crippen LogP contribution in [-0.2, 0) is 17.9 Å². The van der Waals surface area contributed by atoms with Crippen molar-refractivity contribution < 1.29 is 9.18 Å². The van der Waals surface area contributed by atoms with Gasteiger partial charge in [0.15, 0.2) is 0 Å². The Morgan fingerprint density at radius 1 is 1.25 bits per heavy atom. The number of carbonyl (C=O) groups is 1. The Hall–Kier alpha value is -2.21. The van der Waals surface area contributed by atoms with E-state index in [4.69, 9.17) is 0 Å². The van der Waals surface area contributed by atoms with Crippen LogP contribution in [0, 0.1) is 11.7 Å². The first kappa shape index (κ1) is 20.5. The predicted octanol–water partition coefficient (Wildman–Crippen LogP) is 3.56. The molecule has 0 radical (unpaired) electrons. The molecule has 0 spiro atoms. The second-order valence-electron chi connectivity index (χ2n) is 7.97. The summed E-state index contributed by atoms with van der Waals surface area (Å²) in [6.45, 7) is 8.53. The van der Waals surface area contributed by atoms with E-state index >= 15 is 0 Å². The zero-order chi connectivity index (χ0) is 19.9. The third-order valence-corrected chi connectivity index (χ3v) is 5.51. The molecule has 0 aliphatic carbocycles. The first-order chi connectivity index (χ1) is 13.5. The monoisotopic (exact) mass is 386 g/mol. The van der Waals surface area contributed by atoms with E-state index in [9.17, 15) is 9.18 Å². The van der Waals surface area contributed by atoms with E-state index in [0.717, 1.165) is 51.1 Å². The Labute approximate surface area is 167 Å². The van der Waals surface area contributed by atoms with Crippen molar-refractivity contribution >= 4 is 5.91 Å². The molecule has 2 heterocycles. The van der Waals surface area contributed by atoms with E-state index in [0.29, 0.717) is 18.4 Å². The van der Waals surface area contributed by atoms with Gasteiger partial charge in [0.25, 0.3) is 0 Å². The summed E-state index contributed by atoms with van der Waals surface area (Å²) >= 11 is 0. The van der Waals surface area contributed by atoms with Gasteiger partial charge in [-0.2, -0.15) is 5.10 Å². The van der Waals surface area contributed by atoms with Crippen LogP contribution in [0.25, 0.3) is 0 Å². The topological polar surface area (TPSA) is 41.4 Å². The zero-order valence-corrected chi connectivity index (χ0v) is 16.9. The molecule has 0 saturated carbocycles. The highest BCUT2D eigenvalue weighted by atomic mass is 19.1. The molecule has 0 N–H and O–H groups in total. The number of nitrogens with zero attached hydrogens (tertiary/aromatic N) is 4. The fourth-order valence-corrected chi connectivity index (χ4v) is 3.93. The highest BCUT2D eigenvalue weighted by Crippen LogP contribution is 2.21. The second kappa shape index (κ2) is 9.82. The molecule has 6 heteroatoms. The molecule has 152 valence electrons. The fraction of sp³-hybridized carbons (Fsp3) is 0.545. The number of halogens is 1. The van der Waals surface area contributed by atoms with Crippen LogP contribution in [0.3, 0.4) is 0 Å². The van der Waals surface area contributed by atoms with Crippen molar-refractivity contribution in [3.8, 4) is 0 Å². The summed E-state index contributed by atoms with van der Waals surface area (Å²) in [4.78, 5) is 17.3. The maximum atomic E-state index is 13.2. The van der Waals surface area contributed by atoms with E-state index in [2.05, 4.69) is 23.8 Å². The maximum Gasteiger partial charge on any atom is 0.222 e. The Morgan fingerprint density at radius 3 is 2.71 bits per heavy atom. The van der Waals surface area contributed by atoms with E-state index < -0.39 is 0 Å². The number of rotatable bonds is 7. The Balaban J connectivity index is 1.58. The second-order valence-corrected chi connectivity index (χ2v) is 7.97. The van der Waals surface area contributed by atoms with Crippen LogP contribution in [0.4, 0.5) is 4.39 Å². The van der Waals surface area contributed by atoms with Gasteiger partial charge in [-0.15, -0.1) is 0 Å². The molecular formula is C22H31FN4O. The minimum absolute atomic E-state index is 0.202. The van der Waals surface area contributed by atoms with Gasteiger partial charge >= 0.3 is 0 Å². The summed E-state index contributed by atoms with van der Waals surface area (Å²) in [6.07, 6.45) is 6.03. The summed E-state index contributed by atoms with van der Waals surface area (Å²) in [7, 11) is 0. The maximum absolute atomic E-state index is 13.2. The van der Waals surface area contributed by atoms with Crippen LogP contribution in [0.5, 0.6) is 0 Å². The summed E-state index contributed by atoms with van der Waals surface area (Å²) in [5.41, 5.74) is 1.12. The van der Waals surface area contributed by atoms with Crippen LogP contribution in [0.15, 0.2) is 42.7 Å². The highest BCUT2D eigenvalue weighted by Gasteiger charge is 2.29. The average Bonchev–Trinajstić information content (AvgIpc) is 3.09. The van der Waals surface area contributed by atoms with Crippen molar-refractivity contribution in [2.45, 2.75) is 52.2 Å². The van der Waals surface area contributed by atoms with Crippen molar-refractivity contribution in [3.63, 3.8) is 0 Å². The Morgan fingerprint density at radius 2 is 2.04 bits per heavy atom. The molecule has 28 heavy (non-hydrogen) atoms. The van der Waals surface area contributed by atoms with Crippen LogP contribution >= 0.6 is 0 Å². The quantitative estimate of drug-likeness (QED) is 0.731. The lowest BCUT2D eigenvalue weighted by Gasteiger charge is -2.34. The normalized spacial score (nSPS) is 18.4. The van der Waals surface area contributed by atoms with Crippen LogP contribution in [0.1, 0.15) is 38.7 Å². The molecule has 1 aromatic carbocycles. The van der Waals surface area contributed by atoms with E-state index in [1.807, 2.05) is 34.0 Å². The number of hydrogen-bond donors (Lipinski definition) is 0. The van der Waals surface area contributed by atoms with Gasteiger partial charge in [-0.05, 0) is 42.5 Å². The average molecular weight is 387 g/mol. The molecular weight excluding hydrogens is 355 g/mol. The van der Waals surface area contributed by atoms with Gasteiger partial charge < -0.3 is 4.90 Å². The predicted molar refractivity (Wildman–Crippen MR) is 108 cm³/mol. The summed E-state index contributed by atoms with van der Waals surface area (Å²) in [6, 6.07) is 8.97. The SMILES string of the molecule is CC(C)[C@@H]1CN(C(=O)CCCn2cccn2)CCCN1Cc1ccc(F)cc1. The summed E-state index contributed by atoms with van der Waals surface area (Å²) in [5.74, 6) is 0.478. The zero-order valence-electron chi connectivity index (χ0n) is 16.9. The molecule has 1 saturated heterocycles. The number of benzene rings is 1. The summed E-state index contributed by atoms with van der Waals surface area (Å²) in [5, 5.41) is 4.19. The lowest BCUT2D eigenvalue weighted by molar-refractivity contribution is -0.131. The van der Waals surface area contributed by atoms with Gasteiger partial charge in [-0.3, -0.25) is 14.4 Å². The lowest BCUT2D eigenvalue weighted by Crippen LogP contribution is -2.45. The van der Waals surface area contributed by atoms with Gasteiger partial charge in [-0.1, -0.05) is 26.0 Å². The van der Waals surface area contributed by atoms with Crippen LogP contribution in [0.2, 0.25) is 0 Å². The van der Waals surface area contributed by atoms with Crippen LogP contribution in [-0.4, -0.2) is 51.2 Å². The fourth-order valence-electron chi connectivity index (χ4n) is 3.93. The molecule has 1 aliphatic rings. The van der Waals surface area contributed by atoms with E-state index in [1.54, 1.807) is 6.20 Å². The Kier molecular flexibility index (Phi) is 7.20. The minimum Gasteiger partial charge on any atom is -0.341 e. The van der Waals surface area contributed by atoms with Gasteiger partial charge in [-0.25, -0.2) is 4.39 Å². The van der Waals surface area contributed by atoms with Gasteiger partial charge in [0, 0.05) is 57.6 Å². The molecule has 3 rings (SSSR count). The van der Waals surface area contributed by atoms with Crippen molar-refractivity contribution in [2.75, 3.05) is 19.6 Å². The number of hydrogen-bond acceptors (Lipinski definition) is 3. The smallest absolute Gasteiger partial charge is 0.222 e. The van der Waals surface area contributed by atoms with Crippen LogP contribution < -0.4 is 0 Å². The molecule has 0 bridgehead atoms. The Bertz CT molecular complexity index is 730. The lowest BCUT2D eigenvalue weighted by atomic mass is 10.0. The molecule has 1 fully saturated rings. The third-order valence-electron chi connectivity index (χ3n) is 5.51. The molecule has 5 nitrogen and oxygen atoms in total. The number of aryl methyl sites for hydroxylation is 1. The molecule has 1 amide bonds. The number of carbonyl (C=O) groups excluding carboxylic acids is 1. The highest BCUT2D eigenvalue weighted by molar-refractivity contribution is 5.76. The largest absolute Gasteiger partial charge is 0.341 e. The molecule has 2 aromatic rings. The molecule has 1 atom stereocenters. The number of amides is 1. The van der Waals surface area contributed by atoms with Gasteiger partial charge in [0.05, 0.1) is 0 Å². The standard InChI is InChI=1S/C22H31FN4O/c1-18(2)21-17-26(22(28)6-3-14-27-15-4-11-24-27)13-5-12-25(21)16-19-7-9-20(23)10-8-19/h4,7-11,15,18,21H,3,5-6,12-14,16-17H2,1-2H3/t21-/m0/s1. The van der Waals surface area contributed by atoms with Crippen molar-refractivity contribution in [3.05, 3.63) is 54.1 Å².